The summed E-state index contributed by atoms with van der Waals surface area (Å²) < 4.78 is 0. The van der Waals surface area contributed by atoms with Gasteiger partial charge in [0.2, 0.25) is 0 Å². The van der Waals surface area contributed by atoms with Crippen LogP contribution in [0.1, 0.15) is 6.42 Å². The number of fused-ring (bicyclic) bond motifs is 1. The van der Waals surface area contributed by atoms with Gasteiger partial charge in [0.1, 0.15) is 0 Å². The van der Waals surface area contributed by atoms with Crippen LogP contribution in [0.15, 0.2) is 35.6 Å². The van der Waals surface area contributed by atoms with E-state index in [4.69, 9.17) is 5.11 Å². The van der Waals surface area contributed by atoms with E-state index in [-0.39, 0.29) is 12.4 Å². The monoisotopic (exact) mass is 213 g/mol. The summed E-state index contributed by atoms with van der Waals surface area (Å²) in [5.74, 6) is -1.22. The van der Waals surface area contributed by atoms with Crippen molar-refractivity contribution in [2.75, 3.05) is 6.54 Å². The molecule has 0 aromatic carbocycles. The highest BCUT2D eigenvalue weighted by Gasteiger charge is 2.18. The Labute approximate surface area is 88.6 Å². The largest absolute Gasteiger partial charge is 0.481 e. The van der Waals surface area contributed by atoms with Crippen molar-refractivity contribution in [3.63, 3.8) is 0 Å². The number of halogens is 1. The molecule has 0 radical (unpaired) electrons. The predicted octanol–water partition coefficient (Wildman–Crippen LogP) is 1.48. The highest BCUT2D eigenvalue weighted by molar-refractivity contribution is 5.85. The van der Waals surface area contributed by atoms with E-state index in [1.54, 1.807) is 6.08 Å². The minimum Gasteiger partial charge on any atom is -0.481 e. The first-order chi connectivity index (χ1) is 6.27. The average molecular weight is 214 g/mol. The number of carboxylic acid groups (broad SMARTS) is 1. The van der Waals surface area contributed by atoms with Gasteiger partial charge in [0.25, 0.3) is 0 Å². The lowest BCUT2D eigenvalue weighted by Crippen LogP contribution is -2.19. The Hall–Kier alpha value is -1.22. The molecule has 3 nitrogen and oxygen atoms in total. The molecule has 1 aliphatic heterocycles. The maximum absolute atomic E-state index is 10.7. The highest BCUT2D eigenvalue weighted by Crippen LogP contribution is 2.25. The average Bonchev–Trinajstić information content (AvgIpc) is 2.17. The molecule has 0 aromatic heterocycles. The van der Waals surface area contributed by atoms with E-state index < -0.39 is 11.9 Å². The van der Waals surface area contributed by atoms with Crippen LogP contribution in [0.2, 0.25) is 0 Å². The zero-order valence-corrected chi connectivity index (χ0v) is 8.38. The molecular weight excluding hydrogens is 202 g/mol. The lowest BCUT2D eigenvalue weighted by Gasteiger charge is -2.20. The van der Waals surface area contributed by atoms with Crippen molar-refractivity contribution < 1.29 is 9.90 Å². The van der Waals surface area contributed by atoms with E-state index in [0.29, 0.717) is 0 Å². The van der Waals surface area contributed by atoms with Crippen molar-refractivity contribution in [2.24, 2.45) is 5.92 Å². The molecule has 0 spiro atoms. The molecule has 76 valence electrons. The van der Waals surface area contributed by atoms with Gasteiger partial charge in [-0.05, 0) is 17.6 Å². The van der Waals surface area contributed by atoms with Crippen molar-refractivity contribution in [3.05, 3.63) is 35.6 Å². The lowest BCUT2D eigenvalue weighted by molar-refractivity contribution is -0.138. The molecule has 0 saturated carbocycles. The van der Waals surface area contributed by atoms with E-state index in [9.17, 15) is 4.79 Å². The first-order valence-electron chi connectivity index (χ1n) is 4.33. The summed E-state index contributed by atoms with van der Waals surface area (Å²) in [5.41, 5.74) is 2.26. The highest BCUT2D eigenvalue weighted by atomic mass is 35.5. The second-order valence-electron chi connectivity index (χ2n) is 3.22. The van der Waals surface area contributed by atoms with Crippen molar-refractivity contribution in [3.8, 4) is 0 Å². The van der Waals surface area contributed by atoms with E-state index >= 15 is 0 Å². The number of aliphatic carboxylic acids is 1. The van der Waals surface area contributed by atoms with Crippen molar-refractivity contribution in [1.82, 2.24) is 5.32 Å². The number of allylic oxidation sites excluding steroid dienone is 2. The summed E-state index contributed by atoms with van der Waals surface area (Å²) in [7, 11) is 0. The predicted molar refractivity (Wildman–Crippen MR) is 56.3 cm³/mol. The first kappa shape index (κ1) is 10.9. The Morgan fingerprint density at radius 1 is 1.57 bits per heavy atom. The third-order valence-electron chi connectivity index (χ3n) is 2.32. The smallest absolute Gasteiger partial charge is 0.314 e. The molecule has 4 heteroatoms. The van der Waals surface area contributed by atoms with Gasteiger partial charge in [-0.2, -0.15) is 0 Å². The fourth-order valence-electron chi connectivity index (χ4n) is 1.59. The molecule has 0 bridgehead atoms. The SMILES string of the molecule is Cl.O=C(O)C1C=CC2=CNCCC2=C1. The van der Waals surface area contributed by atoms with Gasteiger partial charge in [0, 0.05) is 12.7 Å². The summed E-state index contributed by atoms with van der Waals surface area (Å²) in [6.45, 7) is 0.898. The van der Waals surface area contributed by atoms with Gasteiger partial charge in [-0.1, -0.05) is 18.2 Å². The third kappa shape index (κ3) is 1.99. The third-order valence-corrected chi connectivity index (χ3v) is 2.32. The Kier molecular flexibility index (Phi) is 3.36. The fourth-order valence-corrected chi connectivity index (χ4v) is 1.59. The van der Waals surface area contributed by atoms with Gasteiger partial charge in [-0.15, -0.1) is 12.4 Å². The topological polar surface area (TPSA) is 49.3 Å². The molecule has 2 aliphatic rings. The molecule has 2 rings (SSSR count). The minimum absolute atomic E-state index is 0. The number of hydrogen-bond acceptors (Lipinski definition) is 2. The lowest BCUT2D eigenvalue weighted by atomic mass is 9.90. The number of carbonyl (C=O) groups is 1. The zero-order valence-electron chi connectivity index (χ0n) is 7.56. The van der Waals surface area contributed by atoms with Crippen LogP contribution in [0.25, 0.3) is 0 Å². The number of nitrogens with one attached hydrogen (secondary N) is 1. The Morgan fingerprint density at radius 2 is 2.36 bits per heavy atom. The molecule has 0 aromatic rings. The number of hydrogen-bond donors (Lipinski definition) is 2. The molecule has 0 saturated heterocycles. The van der Waals surface area contributed by atoms with E-state index in [1.807, 2.05) is 18.4 Å². The standard InChI is InChI=1S/C10H11NO2.ClH/c12-10(13)8-1-2-9-6-11-4-3-7(9)5-8;/h1-2,5-6,8,11H,3-4H2,(H,12,13);1H. The van der Waals surface area contributed by atoms with Crippen LogP contribution in [-0.4, -0.2) is 17.6 Å². The van der Waals surface area contributed by atoms with Gasteiger partial charge in [-0.3, -0.25) is 4.79 Å². The van der Waals surface area contributed by atoms with Gasteiger partial charge in [0.05, 0.1) is 5.92 Å². The zero-order chi connectivity index (χ0) is 9.26. The van der Waals surface area contributed by atoms with E-state index in [0.717, 1.165) is 24.1 Å². The van der Waals surface area contributed by atoms with Crippen LogP contribution in [0, 0.1) is 5.92 Å². The second-order valence-corrected chi connectivity index (χ2v) is 3.22. The number of carboxylic acids is 1. The van der Waals surface area contributed by atoms with Gasteiger partial charge >= 0.3 is 5.97 Å². The molecule has 1 aliphatic carbocycles. The maximum Gasteiger partial charge on any atom is 0.314 e. The second kappa shape index (κ2) is 4.33. The van der Waals surface area contributed by atoms with Gasteiger partial charge < -0.3 is 10.4 Å². The molecule has 1 atom stereocenters. The summed E-state index contributed by atoms with van der Waals surface area (Å²) >= 11 is 0. The van der Waals surface area contributed by atoms with Crippen LogP contribution in [0.4, 0.5) is 0 Å². The summed E-state index contributed by atoms with van der Waals surface area (Å²) in [4.78, 5) is 10.7. The Bertz CT molecular complexity index is 331. The molecule has 2 N–H and O–H groups in total. The van der Waals surface area contributed by atoms with E-state index in [1.165, 1.54) is 0 Å². The summed E-state index contributed by atoms with van der Waals surface area (Å²) in [6.07, 6.45) is 8.27. The van der Waals surface area contributed by atoms with Crippen molar-refractivity contribution >= 4 is 18.4 Å². The minimum atomic E-state index is -0.777. The first-order valence-corrected chi connectivity index (χ1v) is 4.33. The summed E-state index contributed by atoms with van der Waals surface area (Å²) in [6, 6.07) is 0. The number of rotatable bonds is 1. The van der Waals surface area contributed by atoms with Gasteiger partial charge in [-0.25, -0.2) is 0 Å². The van der Waals surface area contributed by atoms with Crippen molar-refractivity contribution in [1.29, 1.82) is 0 Å². The van der Waals surface area contributed by atoms with Crippen LogP contribution < -0.4 is 5.32 Å². The fraction of sp³-hybridized carbons (Fsp3) is 0.300. The molecular formula is C10H12ClNO2. The van der Waals surface area contributed by atoms with Crippen LogP contribution in [-0.2, 0) is 4.79 Å². The summed E-state index contributed by atoms with van der Waals surface area (Å²) in [5, 5.41) is 11.9. The molecule has 1 unspecified atom stereocenters. The van der Waals surface area contributed by atoms with E-state index in [2.05, 4.69) is 5.32 Å². The Balaban J connectivity index is 0.000000980. The van der Waals surface area contributed by atoms with Crippen molar-refractivity contribution in [2.45, 2.75) is 6.42 Å². The normalized spacial score (nSPS) is 23.6. The molecule has 0 fully saturated rings. The van der Waals surface area contributed by atoms with Gasteiger partial charge in [0.15, 0.2) is 0 Å². The molecule has 14 heavy (non-hydrogen) atoms. The van der Waals surface area contributed by atoms with Crippen LogP contribution in [0.5, 0.6) is 0 Å². The van der Waals surface area contributed by atoms with Crippen LogP contribution >= 0.6 is 12.4 Å². The molecule has 0 amide bonds. The molecule has 1 heterocycles. The van der Waals surface area contributed by atoms with Crippen LogP contribution in [0.3, 0.4) is 0 Å². The maximum atomic E-state index is 10.7. The Morgan fingerprint density at radius 3 is 3.07 bits per heavy atom. The quantitative estimate of drug-likeness (QED) is 0.694.